The minimum Gasteiger partial charge on any atom is -0.321 e. The lowest BCUT2D eigenvalue weighted by Crippen LogP contribution is -2.12. The van der Waals surface area contributed by atoms with Crippen LogP contribution in [0.15, 0.2) is 54.6 Å². The van der Waals surface area contributed by atoms with Crippen LogP contribution in [0.4, 0.5) is 5.69 Å². The Labute approximate surface area is 129 Å². The summed E-state index contributed by atoms with van der Waals surface area (Å²) >= 11 is 0. The highest BCUT2D eigenvalue weighted by Crippen LogP contribution is 2.35. The Balaban J connectivity index is 1.73. The number of nitrogens with one attached hydrogen (secondary N) is 1. The van der Waals surface area contributed by atoms with Gasteiger partial charge in [-0.25, -0.2) is 0 Å². The first-order chi connectivity index (χ1) is 10.7. The molecule has 0 heterocycles. The molecule has 0 spiro atoms. The second-order valence-electron chi connectivity index (χ2n) is 5.93. The van der Waals surface area contributed by atoms with Gasteiger partial charge in [-0.3, -0.25) is 4.79 Å². The predicted octanol–water partition coefficient (Wildman–Crippen LogP) is 4.50. The molecular weight excluding hydrogens is 270 g/mol. The van der Waals surface area contributed by atoms with E-state index in [1.54, 1.807) is 0 Å². The molecule has 2 heteroatoms. The van der Waals surface area contributed by atoms with Gasteiger partial charge in [0.15, 0.2) is 0 Å². The average molecular weight is 287 g/mol. The van der Waals surface area contributed by atoms with Crippen molar-refractivity contribution in [3.63, 3.8) is 0 Å². The summed E-state index contributed by atoms with van der Waals surface area (Å²) in [5, 5.41) is 5.53. The standard InChI is InChI=1S/C20H17NO/c1-13-5-7-16(8-6-13)20(22)21-18-12-11-15-10-9-14-3-2-4-17(18)19(14)15/h2-8,11-12H,9-10H2,1H3,(H,21,22). The van der Waals surface area contributed by atoms with Crippen LogP contribution in [0.1, 0.15) is 27.0 Å². The van der Waals surface area contributed by atoms with Crippen LogP contribution in [0, 0.1) is 6.92 Å². The van der Waals surface area contributed by atoms with Crippen molar-refractivity contribution >= 4 is 22.4 Å². The van der Waals surface area contributed by atoms with Gasteiger partial charge in [-0.15, -0.1) is 0 Å². The second kappa shape index (κ2) is 4.99. The molecule has 4 rings (SSSR count). The first-order valence-corrected chi connectivity index (χ1v) is 7.64. The van der Waals surface area contributed by atoms with Crippen LogP contribution < -0.4 is 5.32 Å². The summed E-state index contributed by atoms with van der Waals surface area (Å²) in [4.78, 5) is 12.4. The molecule has 0 fully saturated rings. The molecule has 0 radical (unpaired) electrons. The fraction of sp³-hybridized carbons (Fsp3) is 0.150. The summed E-state index contributed by atoms with van der Waals surface area (Å²) < 4.78 is 0. The van der Waals surface area contributed by atoms with Crippen LogP contribution in [0.2, 0.25) is 0 Å². The lowest BCUT2D eigenvalue weighted by Gasteiger charge is -2.11. The normalized spacial score (nSPS) is 12.6. The number of amides is 1. The number of carbonyl (C=O) groups excluding carboxylic acids is 1. The fourth-order valence-electron chi connectivity index (χ4n) is 3.26. The third-order valence-corrected chi connectivity index (χ3v) is 4.44. The maximum Gasteiger partial charge on any atom is 0.255 e. The van der Waals surface area contributed by atoms with Gasteiger partial charge < -0.3 is 5.32 Å². The van der Waals surface area contributed by atoms with Crippen molar-refractivity contribution in [2.75, 3.05) is 5.32 Å². The highest BCUT2D eigenvalue weighted by Gasteiger charge is 2.16. The number of carbonyl (C=O) groups is 1. The topological polar surface area (TPSA) is 29.1 Å². The van der Waals surface area contributed by atoms with Crippen LogP contribution in [0.3, 0.4) is 0 Å². The summed E-state index contributed by atoms with van der Waals surface area (Å²) in [6.45, 7) is 2.02. The maximum absolute atomic E-state index is 12.4. The predicted molar refractivity (Wildman–Crippen MR) is 90.5 cm³/mol. The molecule has 0 unspecified atom stereocenters. The maximum atomic E-state index is 12.4. The zero-order valence-electron chi connectivity index (χ0n) is 12.5. The molecule has 0 aromatic heterocycles. The van der Waals surface area contributed by atoms with Crippen LogP contribution in [0.25, 0.3) is 10.8 Å². The van der Waals surface area contributed by atoms with Crippen molar-refractivity contribution in [2.45, 2.75) is 19.8 Å². The highest BCUT2D eigenvalue weighted by molar-refractivity contribution is 6.10. The van der Waals surface area contributed by atoms with E-state index in [9.17, 15) is 4.79 Å². The van der Waals surface area contributed by atoms with Gasteiger partial charge in [0.05, 0.1) is 0 Å². The largest absolute Gasteiger partial charge is 0.321 e. The van der Waals surface area contributed by atoms with Crippen molar-refractivity contribution in [1.29, 1.82) is 0 Å². The quantitative estimate of drug-likeness (QED) is 0.738. The van der Waals surface area contributed by atoms with Gasteiger partial charge >= 0.3 is 0 Å². The number of hydrogen-bond acceptors (Lipinski definition) is 1. The van der Waals surface area contributed by atoms with Crippen LogP contribution >= 0.6 is 0 Å². The SMILES string of the molecule is Cc1ccc(C(=O)Nc2ccc3c4c(cccc24)CC3)cc1. The van der Waals surface area contributed by atoms with Gasteiger partial charge in [-0.2, -0.15) is 0 Å². The summed E-state index contributed by atoms with van der Waals surface area (Å²) in [5.41, 5.74) is 5.52. The molecular formula is C20H17NO. The first kappa shape index (κ1) is 13.1. The summed E-state index contributed by atoms with van der Waals surface area (Å²) in [6.07, 6.45) is 2.20. The van der Waals surface area contributed by atoms with Crippen molar-refractivity contribution in [3.8, 4) is 0 Å². The van der Waals surface area contributed by atoms with Gasteiger partial charge in [0, 0.05) is 16.6 Å². The average Bonchev–Trinajstić information content (AvgIpc) is 2.95. The molecule has 0 bridgehead atoms. The smallest absolute Gasteiger partial charge is 0.255 e. The molecule has 3 aromatic carbocycles. The van der Waals surface area contributed by atoms with E-state index in [4.69, 9.17) is 0 Å². The Morgan fingerprint density at radius 3 is 2.41 bits per heavy atom. The Bertz CT molecular complexity index is 868. The second-order valence-corrected chi connectivity index (χ2v) is 5.93. The molecule has 0 saturated carbocycles. The minimum absolute atomic E-state index is 0.0568. The Morgan fingerprint density at radius 2 is 1.64 bits per heavy atom. The Kier molecular flexibility index (Phi) is 2.97. The van der Waals surface area contributed by atoms with E-state index in [2.05, 4.69) is 29.6 Å². The molecule has 22 heavy (non-hydrogen) atoms. The Hall–Kier alpha value is -2.61. The van der Waals surface area contributed by atoms with Gasteiger partial charge in [0.2, 0.25) is 0 Å². The van der Waals surface area contributed by atoms with E-state index < -0.39 is 0 Å². The lowest BCUT2D eigenvalue weighted by atomic mass is 10.0. The molecule has 1 aliphatic carbocycles. The third-order valence-electron chi connectivity index (χ3n) is 4.44. The monoisotopic (exact) mass is 287 g/mol. The molecule has 0 saturated heterocycles. The van der Waals surface area contributed by atoms with E-state index in [0.29, 0.717) is 5.56 Å². The molecule has 1 aliphatic rings. The summed E-state index contributed by atoms with van der Waals surface area (Å²) in [6, 6.07) is 18.2. The van der Waals surface area contributed by atoms with Crippen LogP contribution in [-0.2, 0) is 12.8 Å². The summed E-state index contributed by atoms with van der Waals surface area (Å²) in [7, 11) is 0. The third kappa shape index (κ3) is 2.08. The number of aryl methyl sites for hydroxylation is 3. The molecule has 108 valence electrons. The molecule has 0 atom stereocenters. The lowest BCUT2D eigenvalue weighted by molar-refractivity contribution is 0.102. The van der Waals surface area contributed by atoms with Crippen molar-refractivity contribution in [2.24, 2.45) is 0 Å². The summed E-state index contributed by atoms with van der Waals surface area (Å²) in [5.74, 6) is -0.0568. The van der Waals surface area contributed by atoms with Gasteiger partial charge in [0.1, 0.15) is 0 Å². The number of hydrogen-bond donors (Lipinski definition) is 1. The minimum atomic E-state index is -0.0568. The molecule has 3 aromatic rings. The van der Waals surface area contributed by atoms with E-state index in [0.717, 1.165) is 29.5 Å². The van der Waals surface area contributed by atoms with Gasteiger partial charge in [-0.1, -0.05) is 42.0 Å². The van der Waals surface area contributed by atoms with E-state index in [1.807, 2.05) is 37.3 Å². The van der Waals surface area contributed by atoms with Crippen molar-refractivity contribution in [3.05, 3.63) is 76.9 Å². The molecule has 1 N–H and O–H groups in total. The zero-order chi connectivity index (χ0) is 15.1. The highest BCUT2D eigenvalue weighted by atomic mass is 16.1. The van der Waals surface area contributed by atoms with Gasteiger partial charge in [-0.05, 0) is 54.5 Å². The van der Waals surface area contributed by atoms with Crippen molar-refractivity contribution < 1.29 is 4.79 Å². The first-order valence-electron chi connectivity index (χ1n) is 7.64. The number of anilines is 1. The number of rotatable bonds is 2. The van der Waals surface area contributed by atoms with Crippen LogP contribution in [-0.4, -0.2) is 5.91 Å². The molecule has 0 aliphatic heterocycles. The van der Waals surface area contributed by atoms with E-state index in [-0.39, 0.29) is 5.91 Å². The van der Waals surface area contributed by atoms with Crippen LogP contribution in [0.5, 0.6) is 0 Å². The van der Waals surface area contributed by atoms with E-state index >= 15 is 0 Å². The molecule has 2 nitrogen and oxygen atoms in total. The molecule has 1 amide bonds. The fourth-order valence-corrected chi connectivity index (χ4v) is 3.26. The van der Waals surface area contributed by atoms with Crippen molar-refractivity contribution in [1.82, 2.24) is 0 Å². The van der Waals surface area contributed by atoms with E-state index in [1.165, 1.54) is 16.5 Å². The van der Waals surface area contributed by atoms with Gasteiger partial charge in [0.25, 0.3) is 5.91 Å². The number of benzene rings is 3. The zero-order valence-corrected chi connectivity index (χ0v) is 12.5. The Morgan fingerprint density at radius 1 is 0.909 bits per heavy atom.